The van der Waals surface area contributed by atoms with Crippen molar-refractivity contribution in [3.63, 3.8) is 0 Å². The van der Waals surface area contributed by atoms with Gasteiger partial charge in [-0.15, -0.1) is 11.3 Å². The number of benzene rings is 1. The second-order valence-corrected chi connectivity index (χ2v) is 9.32. The molecule has 3 N–H and O–H groups in total. The second-order valence-electron chi connectivity index (χ2n) is 7.74. The van der Waals surface area contributed by atoms with E-state index < -0.39 is 6.16 Å². The van der Waals surface area contributed by atoms with Crippen molar-refractivity contribution in [1.29, 1.82) is 0 Å². The molecule has 8 nitrogen and oxygen atoms in total. The first-order valence-corrected chi connectivity index (χ1v) is 11.6. The minimum Gasteiger partial charge on any atom is -0.454 e. The molecule has 32 heavy (non-hydrogen) atoms. The highest BCUT2D eigenvalue weighted by Gasteiger charge is 2.22. The van der Waals surface area contributed by atoms with E-state index in [1.807, 2.05) is 25.1 Å². The van der Waals surface area contributed by atoms with Crippen LogP contribution in [0.5, 0.6) is 11.5 Å². The summed E-state index contributed by atoms with van der Waals surface area (Å²) < 4.78 is 10.9. The fraction of sp³-hybridized carbons (Fsp3) is 0.409. The molecule has 5 rings (SSSR count). The molecule has 3 aromatic rings. The van der Waals surface area contributed by atoms with Gasteiger partial charge >= 0.3 is 6.16 Å². The molecule has 0 saturated heterocycles. The van der Waals surface area contributed by atoms with E-state index >= 15 is 0 Å². The maximum absolute atomic E-state index is 8.56. The molecule has 1 fully saturated rings. The summed E-state index contributed by atoms with van der Waals surface area (Å²) in [4.78, 5) is 20.4. The summed E-state index contributed by atoms with van der Waals surface area (Å²) >= 11 is 8.25. The van der Waals surface area contributed by atoms with E-state index in [2.05, 4.69) is 5.32 Å². The molecule has 2 aliphatic rings. The zero-order chi connectivity index (χ0) is 22.7. The molecule has 3 heterocycles. The van der Waals surface area contributed by atoms with Crippen molar-refractivity contribution in [2.45, 2.75) is 51.5 Å². The van der Waals surface area contributed by atoms with Gasteiger partial charge in [-0.25, -0.2) is 14.8 Å². The molecule has 1 saturated carbocycles. The van der Waals surface area contributed by atoms with Gasteiger partial charge in [0.15, 0.2) is 11.5 Å². The molecule has 1 aliphatic carbocycles. The first-order chi connectivity index (χ1) is 15.4. The number of aromatic nitrogens is 2. The Morgan fingerprint density at radius 2 is 1.91 bits per heavy atom. The standard InChI is InChI=1S/C21H22ClN3O2S.CH2O3/c1-12-18(22)17-20(23-10-13-7-8-15-16(9-13)27-11-26-15)24-19(25-21(17)28-12)14-5-3-2-4-6-14;2-1(3)4/h7-9,14H,2-6,10-11H2,1H3,(H,23,24,25);(H2,2,3,4). The first kappa shape index (κ1) is 22.4. The van der Waals surface area contributed by atoms with Crippen LogP contribution in [0.4, 0.5) is 10.6 Å². The van der Waals surface area contributed by atoms with Crippen molar-refractivity contribution < 1.29 is 24.5 Å². The van der Waals surface area contributed by atoms with E-state index in [0.29, 0.717) is 12.5 Å². The number of aryl methyl sites for hydroxylation is 1. The van der Waals surface area contributed by atoms with Crippen LogP contribution in [0.1, 0.15) is 54.3 Å². The SMILES string of the molecule is Cc1sc2nc(C3CCCCC3)nc(NCc3ccc4c(c3)OCO4)c2c1Cl.O=C(O)O. The minimum absolute atomic E-state index is 0.285. The first-order valence-electron chi connectivity index (χ1n) is 10.4. The molecule has 0 atom stereocenters. The Kier molecular flexibility index (Phi) is 6.86. The van der Waals surface area contributed by atoms with Crippen molar-refractivity contribution in [2.24, 2.45) is 0 Å². The number of hydrogen-bond donors (Lipinski definition) is 3. The predicted molar refractivity (Wildman–Crippen MR) is 124 cm³/mol. The molecule has 170 valence electrons. The lowest BCUT2D eigenvalue weighted by molar-refractivity contribution is 0.137. The van der Waals surface area contributed by atoms with Crippen LogP contribution in [0.15, 0.2) is 18.2 Å². The highest BCUT2D eigenvalue weighted by atomic mass is 35.5. The van der Waals surface area contributed by atoms with E-state index in [0.717, 1.165) is 48.8 Å². The average Bonchev–Trinajstić information content (AvgIpc) is 3.36. The molecule has 2 aromatic heterocycles. The van der Waals surface area contributed by atoms with Gasteiger partial charge in [0.1, 0.15) is 16.5 Å². The van der Waals surface area contributed by atoms with E-state index in [1.54, 1.807) is 11.3 Å². The van der Waals surface area contributed by atoms with Crippen molar-refractivity contribution in [3.05, 3.63) is 39.5 Å². The maximum atomic E-state index is 8.56. The number of nitrogens with one attached hydrogen (secondary N) is 1. The zero-order valence-electron chi connectivity index (χ0n) is 17.6. The van der Waals surface area contributed by atoms with Gasteiger partial charge in [0.05, 0.1) is 10.4 Å². The van der Waals surface area contributed by atoms with Gasteiger partial charge < -0.3 is 25.0 Å². The molecule has 0 spiro atoms. The zero-order valence-corrected chi connectivity index (χ0v) is 19.1. The van der Waals surface area contributed by atoms with Crippen LogP contribution >= 0.6 is 22.9 Å². The van der Waals surface area contributed by atoms with Gasteiger partial charge in [-0.3, -0.25) is 0 Å². The van der Waals surface area contributed by atoms with Gasteiger partial charge in [-0.05, 0) is 37.5 Å². The third kappa shape index (κ3) is 4.99. The smallest absolute Gasteiger partial charge is 0.454 e. The van der Waals surface area contributed by atoms with Crippen LogP contribution in [0.25, 0.3) is 10.2 Å². The lowest BCUT2D eigenvalue weighted by Crippen LogP contribution is -2.11. The Morgan fingerprint density at radius 1 is 1.19 bits per heavy atom. The fourth-order valence-corrected chi connectivity index (χ4v) is 5.27. The molecule has 0 amide bonds. The highest BCUT2D eigenvalue weighted by molar-refractivity contribution is 7.19. The van der Waals surface area contributed by atoms with E-state index in [4.69, 9.17) is 46.1 Å². The number of hydrogen-bond acceptors (Lipinski definition) is 7. The van der Waals surface area contributed by atoms with Gasteiger partial charge in [-0.1, -0.05) is 36.9 Å². The summed E-state index contributed by atoms with van der Waals surface area (Å²) in [6, 6.07) is 6.00. The molecular weight excluding hydrogens is 454 g/mol. The number of halogens is 1. The second kappa shape index (κ2) is 9.79. The van der Waals surface area contributed by atoms with Crippen molar-refractivity contribution in [3.8, 4) is 11.5 Å². The van der Waals surface area contributed by atoms with E-state index in [9.17, 15) is 0 Å². The van der Waals surface area contributed by atoms with Gasteiger partial charge in [0, 0.05) is 17.3 Å². The summed E-state index contributed by atoms with van der Waals surface area (Å²) in [5, 5.41) is 19.1. The molecule has 1 aliphatic heterocycles. The highest BCUT2D eigenvalue weighted by Crippen LogP contribution is 2.40. The van der Waals surface area contributed by atoms with Crippen LogP contribution in [-0.2, 0) is 6.54 Å². The maximum Gasteiger partial charge on any atom is 0.503 e. The summed E-state index contributed by atoms with van der Waals surface area (Å²) in [5.74, 6) is 3.82. The summed E-state index contributed by atoms with van der Waals surface area (Å²) in [5.41, 5.74) is 1.11. The van der Waals surface area contributed by atoms with Crippen molar-refractivity contribution in [2.75, 3.05) is 12.1 Å². The number of nitrogens with zero attached hydrogens (tertiary/aromatic N) is 2. The van der Waals surface area contributed by atoms with Crippen LogP contribution < -0.4 is 14.8 Å². The largest absolute Gasteiger partial charge is 0.503 e. The van der Waals surface area contributed by atoms with Gasteiger partial charge in [-0.2, -0.15) is 0 Å². The Hall–Kier alpha value is -2.78. The summed E-state index contributed by atoms with van der Waals surface area (Å²) in [6.07, 6.45) is 4.35. The lowest BCUT2D eigenvalue weighted by Gasteiger charge is -2.21. The van der Waals surface area contributed by atoms with Gasteiger partial charge in [0.2, 0.25) is 6.79 Å². The Morgan fingerprint density at radius 3 is 2.66 bits per heavy atom. The predicted octanol–water partition coefficient (Wildman–Crippen LogP) is 6.26. The molecule has 0 bridgehead atoms. The van der Waals surface area contributed by atoms with E-state index in [-0.39, 0.29) is 6.79 Å². The van der Waals surface area contributed by atoms with Crippen LogP contribution in [-0.4, -0.2) is 33.1 Å². The fourth-order valence-electron chi connectivity index (χ4n) is 4.00. The minimum atomic E-state index is -1.83. The number of ether oxygens (including phenoxy) is 2. The van der Waals surface area contributed by atoms with Crippen LogP contribution in [0, 0.1) is 6.92 Å². The molecule has 0 radical (unpaired) electrons. The Labute approximate surface area is 194 Å². The third-order valence-corrected chi connectivity index (χ3v) is 7.12. The van der Waals surface area contributed by atoms with Gasteiger partial charge in [0.25, 0.3) is 0 Å². The third-order valence-electron chi connectivity index (χ3n) is 5.54. The normalized spacial score (nSPS) is 15.3. The number of anilines is 1. The number of carbonyl (C=O) groups is 1. The van der Waals surface area contributed by atoms with Crippen molar-refractivity contribution >= 4 is 45.1 Å². The van der Waals surface area contributed by atoms with Crippen LogP contribution in [0.3, 0.4) is 0 Å². The quantitative estimate of drug-likeness (QED) is 0.403. The number of fused-ring (bicyclic) bond motifs is 2. The Bertz CT molecular complexity index is 1130. The number of rotatable bonds is 4. The van der Waals surface area contributed by atoms with E-state index in [1.165, 1.54) is 32.1 Å². The van der Waals surface area contributed by atoms with Crippen molar-refractivity contribution in [1.82, 2.24) is 9.97 Å². The number of carboxylic acid groups (broad SMARTS) is 2. The summed E-state index contributed by atoms with van der Waals surface area (Å²) in [7, 11) is 0. The number of thiophene rings is 1. The summed E-state index contributed by atoms with van der Waals surface area (Å²) in [6.45, 7) is 2.96. The Balaban J connectivity index is 0.000000567. The molecule has 1 aromatic carbocycles. The monoisotopic (exact) mass is 477 g/mol. The lowest BCUT2D eigenvalue weighted by atomic mass is 9.88. The molecule has 0 unspecified atom stereocenters. The topological polar surface area (TPSA) is 114 Å². The van der Waals surface area contributed by atoms with Crippen LogP contribution in [0.2, 0.25) is 5.02 Å². The average molecular weight is 478 g/mol. The molecular formula is C22H24ClN3O5S. The molecule has 10 heteroatoms.